The highest BCUT2D eigenvalue weighted by molar-refractivity contribution is 6.28. The number of halogens is 3. The van der Waals surface area contributed by atoms with Gasteiger partial charge >= 0.3 is 6.01 Å². The second kappa shape index (κ2) is 4.58. The van der Waals surface area contributed by atoms with Gasteiger partial charge in [-0.15, -0.1) is 0 Å². The van der Waals surface area contributed by atoms with E-state index in [1.807, 2.05) is 0 Å². The normalized spacial score (nSPS) is 10.4. The van der Waals surface area contributed by atoms with Crippen LogP contribution in [-0.2, 0) is 0 Å². The molecule has 0 aliphatic heterocycles. The predicted octanol–water partition coefficient (Wildman–Crippen LogP) is 2.48. The van der Waals surface area contributed by atoms with Crippen molar-refractivity contribution in [2.24, 2.45) is 0 Å². The standard InChI is InChI=1S/C10H6ClF2N3O/c1-17-10-15-8(14-9(11)16-10)5-2-6(12)4-7(13)3-5/h2-4H,1H3. The smallest absolute Gasteiger partial charge is 0.321 e. The van der Waals surface area contributed by atoms with Gasteiger partial charge in [0.25, 0.3) is 0 Å². The van der Waals surface area contributed by atoms with E-state index in [-0.39, 0.29) is 22.7 Å². The van der Waals surface area contributed by atoms with Crippen molar-refractivity contribution in [1.29, 1.82) is 0 Å². The molecule has 0 aliphatic rings. The van der Waals surface area contributed by atoms with E-state index in [1.54, 1.807) is 0 Å². The van der Waals surface area contributed by atoms with Crippen LogP contribution < -0.4 is 4.74 Å². The summed E-state index contributed by atoms with van der Waals surface area (Å²) >= 11 is 5.63. The topological polar surface area (TPSA) is 47.9 Å². The van der Waals surface area contributed by atoms with Gasteiger partial charge in [0.15, 0.2) is 5.82 Å². The fourth-order valence-corrected chi connectivity index (χ4v) is 1.39. The molecule has 4 nitrogen and oxygen atoms in total. The predicted molar refractivity (Wildman–Crippen MR) is 56.7 cm³/mol. The maximum atomic E-state index is 13.0. The van der Waals surface area contributed by atoms with Gasteiger partial charge in [-0.1, -0.05) is 0 Å². The lowest BCUT2D eigenvalue weighted by Gasteiger charge is -2.03. The molecule has 0 saturated heterocycles. The summed E-state index contributed by atoms with van der Waals surface area (Å²) in [6.07, 6.45) is 0. The van der Waals surface area contributed by atoms with Gasteiger partial charge in [-0.25, -0.2) is 8.78 Å². The van der Waals surface area contributed by atoms with E-state index in [4.69, 9.17) is 16.3 Å². The Labute approximate surface area is 100 Å². The second-order valence-corrected chi connectivity index (χ2v) is 3.41. The van der Waals surface area contributed by atoms with Crippen molar-refractivity contribution in [1.82, 2.24) is 15.0 Å². The molecular formula is C10H6ClF2N3O. The zero-order valence-electron chi connectivity index (χ0n) is 8.62. The number of ether oxygens (including phenoxy) is 1. The molecule has 2 aromatic rings. The van der Waals surface area contributed by atoms with E-state index in [9.17, 15) is 8.78 Å². The van der Waals surface area contributed by atoms with Crippen LogP contribution in [0.1, 0.15) is 0 Å². The first-order valence-corrected chi connectivity index (χ1v) is 4.88. The van der Waals surface area contributed by atoms with Crippen LogP contribution in [0.5, 0.6) is 6.01 Å². The maximum absolute atomic E-state index is 13.0. The third-order valence-electron chi connectivity index (χ3n) is 1.89. The lowest BCUT2D eigenvalue weighted by Crippen LogP contribution is -1.98. The van der Waals surface area contributed by atoms with Crippen LogP contribution >= 0.6 is 11.6 Å². The number of aromatic nitrogens is 3. The van der Waals surface area contributed by atoms with Crippen molar-refractivity contribution < 1.29 is 13.5 Å². The highest BCUT2D eigenvalue weighted by Gasteiger charge is 2.10. The van der Waals surface area contributed by atoms with Gasteiger partial charge in [0.05, 0.1) is 7.11 Å². The average molecular weight is 258 g/mol. The zero-order valence-corrected chi connectivity index (χ0v) is 9.37. The SMILES string of the molecule is COc1nc(Cl)nc(-c2cc(F)cc(F)c2)n1. The molecule has 0 atom stereocenters. The van der Waals surface area contributed by atoms with E-state index in [0.29, 0.717) is 0 Å². The summed E-state index contributed by atoms with van der Waals surface area (Å²) in [7, 11) is 1.35. The van der Waals surface area contributed by atoms with Gasteiger partial charge in [-0.05, 0) is 23.7 Å². The molecule has 0 N–H and O–H groups in total. The van der Waals surface area contributed by atoms with Crippen molar-refractivity contribution in [3.05, 3.63) is 35.1 Å². The van der Waals surface area contributed by atoms with Crippen LogP contribution in [-0.4, -0.2) is 22.1 Å². The Morgan fingerprint density at radius 3 is 2.29 bits per heavy atom. The van der Waals surface area contributed by atoms with Crippen LogP contribution in [0.15, 0.2) is 18.2 Å². The molecule has 0 fully saturated rings. The second-order valence-electron chi connectivity index (χ2n) is 3.07. The van der Waals surface area contributed by atoms with Crippen LogP contribution in [0, 0.1) is 11.6 Å². The largest absolute Gasteiger partial charge is 0.467 e. The summed E-state index contributed by atoms with van der Waals surface area (Å²) in [6, 6.07) is 2.91. The Morgan fingerprint density at radius 2 is 1.71 bits per heavy atom. The number of hydrogen-bond donors (Lipinski definition) is 0. The van der Waals surface area contributed by atoms with E-state index in [0.717, 1.165) is 18.2 Å². The molecule has 0 amide bonds. The molecule has 0 radical (unpaired) electrons. The number of hydrogen-bond acceptors (Lipinski definition) is 4. The molecule has 88 valence electrons. The van der Waals surface area contributed by atoms with Gasteiger partial charge in [-0.3, -0.25) is 0 Å². The number of methoxy groups -OCH3 is 1. The average Bonchev–Trinajstić information content (AvgIpc) is 2.26. The quantitative estimate of drug-likeness (QED) is 0.829. The minimum Gasteiger partial charge on any atom is -0.467 e. The van der Waals surface area contributed by atoms with Crippen LogP contribution in [0.3, 0.4) is 0 Å². The van der Waals surface area contributed by atoms with E-state index >= 15 is 0 Å². The van der Waals surface area contributed by atoms with E-state index in [1.165, 1.54) is 7.11 Å². The Kier molecular flexibility index (Phi) is 3.14. The molecule has 0 bridgehead atoms. The van der Waals surface area contributed by atoms with E-state index in [2.05, 4.69) is 15.0 Å². The Balaban J connectivity index is 2.55. The molecule has 0 spiro atoms. The van der Waals surface area contributed by atoms with Crippen molar-refractivity contribution >= 4 is 11.6 Å². The molecular weight excluding hydrogens is 252 g/mol. The highest BCUT2D eigenvalue weighted by atomic mass is 35.5. The molecule has 0 saturated carbocycles. The van der Waals surface area contributed by atoms with Crippen molar-refractivity contribution in [3.8, 4) is 17.4 Å². The number of rotatable bonds is 2. The summed E-state index contributed by atoms with van der Waals surface area (Å²) < 4.78 is 30.8. The minimum atomic E-state index is -0.726. The number of nitrogens with zero attached hydrogens (tertiary/aromatic N) is 3. The van der Waals surface area contributed by atoms with Gasteiger partial charge < -0.3 is 4.74 Å². The van der Waals surface area contributed by atoms with Crippen LogP contribution in [0.2, 0.25) is 5.28 Å². The third-order valence-corrected chi connectivity index (χ3v) is 2.06. The molecule has 7 heteroatoms. The van der Waals surface area contributed by atoms with Crippen molar-refractivity contribution in [3.63, 3.8) is 0 Å². The molecule has 17 heavy (non-hydrogen) atoms. The first-order chi connectivity index (χ1) is 8.08. The van der Waals surface area contributed by atoms with Gasteiger partial charge in [0, 0.05) is 11.6 Å². The minimum absolute atomic E-state index is 0.0235. The Hall–Kier alpha value is -1.82. The van der Waals surface area contributed by atoms with Gasteiger partial charge in [0.1, 0.15) is 11.6 Å². The van der Waals surface area contributed by atoms with Crippen molar-refractivity contribution in [2.75, 3.05) is 7.11 Å². The van der Waals surface area contributed by atoms with Crippen LogP contribution in [0.25, 0.3) is 11.4 Å². The molecule has 1 aromatic heterocycles. The monoisotopic (exact) mass is 257 g/mol. The van der Waals surface area contributed by atoms with Crippen LogP contribution in [0.4, 0.5) is 8.78 Å². The summed E-state index contributed by atoms with van der Waals surface area (Å²) in [5.41, 5.74) is 0.158. The van der Waals surface area contributed by atoms with Gasteiger partial charge in [0.2, 0.25) is 5.28 Å². The lowest BCUT2D eigenvalue weighted by molar-refractivity contribution is 0.378. The fourth-order valence-electron chi connectivity index (χ4n) is 1.24. The molecule has 0 unspecified atom stereocenters. The molecule has 1 heterocycles. The van der Waals surface area contributed by atoms with E-state index < -0.39 is 11.6 Å². The Bertz CT molecular complexity index is 545. The summed E-state index contributed by atoms with van der Waals surface area (Å²) in [6.45, 7) is 0. The summed E-state index contributed by atoms with van der Waals surface area (Å²) in [4.78, 5) is 11.3. The molecule has 0 aliphatic carbocycles. The molecule has 1 aromatic carbocycles. The first-order valence-electron chi connectivity index (χ1n) is 4.50. The Morgan fingerprint density at radius 1 is 1.06 bits per heavy atom. The third kappa shape index (κ3) is 2.65. The fraction of sp³-hybridized carbons (Fsp3) is 0.100. The highest BCUT2D eigenvalue weighted by Crippen LogP contribution is 2.20. The summed E-state index contributed by atoms with van der Waals surface area (Å²) in [5, 5.41) is -0.114. The van der Waals surface area contributed by atoms with Gasteiger partial charge in [-0.2, -0.15) is 15.0 Å². The maximum Gasteiger partial charge on any atom is 0.321 e. The summed E-state index contributed by atoms with van der Waals surface area (Å²) in [5.74, 6) is -1.41. The molecule has 2 rings (SSSR count). The zero-order chi connectivity index (χ0) is 12.4. The van der Waals surface area contributed by atoms with Crippen molar-refractivity contribution in [2.45, 2.75) is 0 Å². The number of benzene rings is 1. The first kappa shape index (κ1) is 11.7. The lowest BCUT2D eigenvalue weighted by atomic mass is 10.2.